The molecule has 0 amide bonds. The van der Waals surface area contributed by atoms with E-state index in [1.165, 1.54) is 19.4 Å². The number of fused-ring (bicyclic) bond motifs is 2. The zero-order chi connectivity index (χ0) is 24.0. The lowest BCUT2D eigenvalue weighted by Gasteiger charge is -2.33. The quantitative estimate of drug-likeness (QED) is 0.266. The van der Waals surface area contributed by atoms with Crippen LogP contribution in [0, 0.1) is 0 Å². The molecular formula is C18H12ClF6N3O4S. The van der Waals surface area contributed by atoms with Crippen molar-refractivity contribution in [1.29, 1.82) is 0 Å². The van der Waals surface area contributed by atoms with Crippen molar-refractivity contribution in [1.82, 2.24) is 15.0 Å². The lowest BCUT2D eigenvalue weighted by atomic mass is 10.2. The van der Waals surface area contributed by atoms with E-state index in [-0.39, 0.29) is 44.9 Å². The first-order valence-electron chi connectivity index (χ1n) is 8.90. The van der Waals surface area contributed by atoms with Gasteiger partial charge in [-0.1, -0.05) is 11.8 Å². The number of alkyl halides is 7. The molecule has 0 fully saturated rings. The van der Waals surface area contributed by atoms with Crippen molar-refractivity contribution >= 4 is 34.4 Å². The summed E-state index contributed by atoms with van der Waals surface area (Å²) in [5, 5.41) is -3.64. The number of nitrogens with one attached hydrogen (secondary N) is 1. The Balaban J connectivity index is 1.56. The number of benzene rings is 1. The predicted molar refractivity (Wildman–Crippen MR) is 104 cm³/mol. The first-order chi connectivity index (χ1) is 15.4. The molecule has 1 N–H and O–H groups in total. The monoisotopic (exact) mass is 515 g/mol. The third-order valence-electron chi connectivity index (χ3n) is 4.23. The van der Waals surface area contributed by atoms with Gasteiger partial charge in [0.15, 0.2) is 34.8 Å². The van der Waals surface area contributed by atoms with Crippen molar-refractivity contribution in [3.8, 4) is 23.0 Å². The minimum absolute atomic E-state index is 0.0181. The molecule has 1 aliphatic rings. The molecule has 15 heteroatoms. The number of methoxy groups -OCH3 is 1. The summed E-state index contributed by atoms with van der Waals surface area (Å²) in [6.07, 6.45) is -7.66. The third kappa shape index (κ3) is 4.81. The van der Waals surface area contributed by atoms with Gasteiger partial charge in [0.05, 0.1) is 23.8 Å². The standard InChI is InChI=1S/C18H12ClF6N3O4S/c1-29-11-2-3-26-10(14(11)30-7-16(20,21)22)6-33-15-27-8-4-12-13(5-9(8)28-15)32-18(24,25)17(19,23)31-12/h2-5H,6-7H2,1H3,(H,27,28). The maximum absolute atomic E-state index is 13.8. The number of H-pyrrole nitrogens is 1. The summed E-state index contributed by atoms with van der Waals surface area (Å²) in [6, 6.07) is 3.63. The fourth-order valence-corrected chi connectivity index (χ4v) is 3.74. The Morgan fingerprint density at radius 3 is 2.61 bits per heavy atom. The minimum Gasteiger partial charge on any atom is -0.493 e. The summed E-state index contributed by atoms with van der Waals surface area (Å²) in [5.41, 5.74) is 0.618. The molecule has 2 aromatic heterocycles. The number of aromatic nitrogens is 3. The number of hydrogen-bond donors (Lipinski definition) is 1. The van der Waals surface area contributed by atoms with Crippen LogP contribution < -0.4 is 18.9 Å². The van der Waals surface area contributed by atoms with E-state index in [2.05, 4.69) is 24.4 Å². The van der Waals surface area contributed by atoms with Crippen molar-refractivity contribution in [3.05, 3.63) is 30.1 Å². The zero-order valence-electron chi connectivity index (χ0n) is 16.3. The Bertz CT molecular complexity index is 1140. The maximum Gasteiger partial charge on any atom is 0.488 e. The third-order valence-corrected chi connectivity index (χ3v) is 5.41. The van der Waals surface area contributed by atoms with Crippen LogP contribution in [-0.2, 0) is 5.75 Å². The Kier molecular flexibility index (Phi) is 5.85. The highest BCUT2D eigenvalue weighted by Crippen LogP contribution is 2.49. The number of halogens is 7. The summed E-state index contributed by atoms with van der Waals surface area (Å²) in [4.78, 5) is 11.1. The van der Waals surface area contributed by atoms with Gasteiger partial charge in [-0.2, -0.15) is 26.3 Å². The highest BCUT2D eigenvalue weighted by Gasteiger charge is 2.63. The molecule has 178 valence electrons. The van der Waals surface area contributed by atoms with Crippen LogP contribution in [0.4, 0.5) is 26.3 Å². The van der Waals surface area contributed by atoms with E-state index in [1.54, 1.807) is 0 Å². The van der Waals surface area contributed by atoms with Crippen molar-refractivity contribution < 1.29 is 45.3 Å². The van der Waals surface area contributed by atoms with Crippen molar-refractivity contribution in [2.45, 2.75) is 28.5 Å². The summed E-state index contributed by atoms with van der Waals surface area (Å²) < 4.78 is 97.6. The number of aromatic amines is 1. The molecule has 1 aromatic carbocycles. The zero-order valence-corrected chi connectivity index (χ0v) is 17.9. The van der Waals surface area contributed by atoms with Gasteiger partial charge in [0.25, 0.3) is 0 Å². The molecule has 33 heavy (non-hydrogen) atoms. The van der Waals surface area contributed by atoms with Gasteiger partial charge in [0.2, 0.25) is 0 Å². The summed E-state index contributed by atoms with van der Waals surface area (Å²) in [5.74, 6) is -0.940. The van der Waals surface area contributed by atoms with E-state index in [9.17, 15) is 26.3 Å². The number of hydrogen-bond acceptors (Lipinski definition) is 7. The van der Waals surface area contributed by atoms with Crippen molar-refractivity contribution in [3.63, 3.8) is 0 Å². The van der Waals surface area contributed by atoms with Crippen LogP contribution in [-0.4, -0.2) is 46.3 Å². The largest absolute Gasteiger partial charge is 0.493 e. The molecule has 3 aromatic rings. The fourth-order valence-electron chi connectivity index (χ4n) is 2.80. The number of ether oxygens (including phenoxy) is 4. The normalized spacial score (nSPS) is 19.5. The average molecular weight is 516 g/mol. The number of rotatable bonds is 6. The first-order valence-corrected chi connectivity index (χ1v) is 10.3. The highest BCUT2D eigenvalue weighted by molar-refractivity contribution is 7.98. The van der Waals surface area contributed by atoms with Crippen molar-refractivity contribution in [2.24, 2.45) is 0 Å². The maximum atomic E-state index is 13.8. The number of nitrogens with zero attached hydrogens (tertiary/aromatic N) is 2. The van der Waals surface area contributed by atoms with Gasteiger partial charge in [0.1, 0.15) is 0 Å². The Hall–Kier alpha value is -2.74. The van der Waals surface area contributed by atoms with E-state index in [1.807, 2.05) is 0 Å². The summed E-state index contributed by atoms with van der Waals surface area (Å²) >= 11 is 6.10. The van der Waals surface area contributed by atoms with Gasteiger partial charge in [-0.05, 0) is 11.6 Å². The van der Waals surface area contributed by atoms with Gasteiger partial charge >= 0.3 is 17.6 Å². The second kappa shape index (κ2) is 8.24. The van der Waals surface area contributed by atoms with E-state index >= 15 is 0 Å². The average Bonchev–Trinajstić information content (AvgIpc) is 3.10. The molecule has 1 unspecified atom stereocenters. The minimum atomic E-state index is -4.57. The molecule has 0 bridgehead atoms. The molecule has 0 spiro atoms. The van der Waals surface area contributed by atoms with Crippen LogP contribution in [0.15, 0.2) is 29.6 Å². The summed E-state index contributed by atoms with van der Waals surface area (Å²) in [6.45, 7) is -1.54. The first kappa shape index (κ1) is 23.4. The Labute approximate surface area is 190 Å². The second-order valence-corrected chi connectivity index (χ2v) is 8.03. The molecule has 4 rings (SSSR count). The van der Waals surface area contributed by atoms with E-state index in [0.717, 1.165) is 23.9 Å². The molecule has 0 saturated carbocycles. The van der Waals surface area contributed by atoms with Gasteiger partial charge in [-0.25, -0.2) is 4.98 Å². The molecule has 1 atom stereocenters. The van der Waals surface area contributed by atoms with Gasteiger partial charge in [-0.15, -0.1) is 0 Å². The van der Waals surface area contributed by atoms with Crippen LogP contribution in [0.1, 0.15) is 5.69 Å². The second-order valence-electron chi connectivity index (χ2n) is 6.58. The van der Waals surface area contributed by atoms with Crippen LogP contribution in [0.5, 0.6) is 23.0 Å². The number of imidazole rings is 1. The number of thioether (sulfide) groups is 1. The summed E-state index contributed by atoms with van der Waals surface area (Å²) in [7, 11) is 1.27. The van der Waals surface area contributed by atoms with Gasteiger partial charge in [0, 0.05) is 30.1 Å². The van der Waals surface area contributed by atoms with Crippen LogP contribution in [0.25, 0.3) is 11.0 Å². The topological polar surface area (TPSA) is 78.5 Å². The molecule has 0 saturated heterocycles. The van der Waals surface area contributed by atoms with Crippen LogP contribution in [0.2, 0.25) is 0 Å². The number of pyridine rings is 1. The SMILES string of the molecule is COc1ccnc(CSc2nc3cc4c(cc3[nH]2)OC(F)(F)C(F)(Cl)O4)c1OCC(F)(F)F. The van der Waals surface area contributed by atoms with Crippen molar-refractivity contribution in [2.75, 3.05) is 13.7 Å². The molecule has 1 aliphatic heterocycles. The van der Waals surface area contributed by atoms with E-state index in [0.29, 0.717) is 0 Å². The van der Waals surface area contributed by atoms with Crippen LogP contribution >= 0.6 is 23.4 Å². The van der Waals surface area contributed by atoms with E-state index in [4.69, 9.17) is 21.1 Å². The molecule has 7 nitrogen and oxygen atoms in total. The lowest BCUT2D eigenvalue weighted by molar-refractivity contribution is -0.303. The highest BCUT2D eigenvalue weighted by atomic mass is 35.5. The van der Waals surface area contributed by atoms with E-state index < -0.39 is 30.0 Å². The Morgan fingerprint density at radius 1 is 1.18 bits per heavy atom. The fraction of sp³-hybridized carbons (Fsp3) is 0.333. The van der Waals surface area contributed by atoms with Gasteiger partial charge < -0.3 is 23.9 Å². The smallest absolute Gasteiger partial charge is 0.488 e. The van der Waals surface area contributed by atoms with Crippen LogP contribution in [0.3, 0.4) is 0 Å². The molecule has 3 heterocycles. The molecular weight excluding hydrogens is 504 g/mol. The predicted octanol–water partition coefficient (Wildman–Crippen LogP) is 5.43. The Morgan fingerprint density at radius 2 is 1.91 bits per heavy atom. The molecule has 0 radical (unpaired) electrons. The lowest BCUT2D eigenvalue weighted by Crippen LogP contribution is -2.51. The van der Waals surface area contributed by atoms with Gasteiger partial charge in [-0.3, -0.25) is 4.98 Å². The molecule has 0 aliphatic carbocycles.